The van der Waals surface area contributed by atoms with Gasteiger partial charge in [-0.25, -0.2) is 13.2 Å². The van der Waals surface area contributed by atoms with Crippen molar-refractivity contribution in [2.75, 3.05) is 11.9 Å². The maximum Gasteiger partial charge on any atom is 0.240 e. The molecule has 1 aliphatic rings. The molecule has 2 rings (SSSR count). The Labute approximate surface area is 119 Å². The average molecular weight is 300 g/mol. The van der Waals surface area contributed by atoms with Gasteiger partial charge in [0, 0.05) is 6.54 Å². The van der Waals surface area contributed by atoms with E-state index in [9.17, 15) is 22.8 Å². The van der Waals surface area contributed by atoms with E-state index in [4.69, 9.17) is 0 Å². The summed E-state index contributed by atoms with van der Waals surface area (Å²) in [5.74, 6) is -5.61. The summed E-state index contributed by atoms with van der Waals surface area (Å²) in [6.45, 7) is 2.31. The standard InChI is InChI=1S/C14H15F3N2O2/c1-2-7-18-12(20)14(5-6-14)13(21)19-9-4-3-8(15)10(16)11(9)17/h3-4H,2,5-7H2,1H3,(H,18,20)(H,19,21). The summed E-state index contributed by atoms with van der Waals surface area (Å²) in [6.07, 6.45) is 1.42. The van der Waals surface area contributed by atoms with Crippen molar-refractivity contribution in [1.82, 2.24) is 5.32 Å². The fraction of sp³-hybridized carbons (Fsp3) is 0.429. The number of amides is 2. The maximum absolute atomic E-state index is 13.5. The number of rotatable bonds is 5. The van der Waals surface area contributed by atoms with Gasteiger partial charge in [-0.15, -0.1) is 0 Å². The highest BCUT2D eigenvalue weighted by atomic mass is 19.2. The van der Waals surface area contributed by atoms with Crippen molar-refractivity contribution in [3.05, 3.63) is 29.6 Å². The molecule has 114 valence electrons. The van der Waals surface area contributed by atoms with E-state index in [1.54, 1.807) is 0 Å². The van der Waals surface area contributed by atoms with E-state index in [0.29, 0.717) is 25.5 Å². The summed E-state index contributed by atoms with van der Waals surface area (Å²) in [6, 6.07) is 1.64. The predicted molar refractivity (Wildman–Crippen MR) is 69.9 cm³/mol. The molecule has 0 unspecified atom stereocenters. The summed E-state index contributed by atoms with van der Waals surface area (Å²) >= 11 is 0. The molecule has 1 aromatic rings. The average Bonchev–Trinajstić information content (AvgIpc) is 3.27. The molecule has 4 nitrogen and oxygen atoms in total. The first-order valence-corrected chi connectivity index (χ1v) is 6.65. The van der Waals surface area contributed by atoms with Crippen LogP contribution in [-0.2, 0) is 9.59 Å². The topological polar surface area (TPSA) is 58.2 Å². The Bertz CT molecular complexity index is 586. The van der Waals surface area contributed by atoms with Crippen LogP contribution in [0.3, 0.4) is 0 Å². The second-order valence-electron chi connectivity index (χ2n) is 5.02. The predicted octanol–water partition coefficient (Wildman–Crippen LogP) is 2.35. The number of benzene rings is 1. The van der Waals surface area contributed by atoms with Gasteiger partial charge in [0.2, 0.25) is 11.8 Å². The van der Waals surface area contributed by atoms with Gasteiger partial charge in [-0.05, 0) is 31.4 Å². The molecule has 2 N–H and O–H groups in total. The molecule has 0 radical (unpaired) electrons. The molecule has 1 saturated carbocycles. The van der Waals surface area contributed by atoms with Crippen molar-refractivity contribution in [3.8, 4) is 0 Å². The first kappa shape index (κ1) is 15.3. The molecule has 0 aliphatic heterocycles. The highest BCUT2D eigenvalue weighted by molar-refractivity contribution is 6.13. The summed E-state index contributed by atoms with van der Waals surface area (Å²) in [7, 11) is 0. The van der Waals surface area contributed by atoms with E-state index in [1.807, 2.05) is 6.92 Å². The molecular weight excluding hydrogens is 285 g/mol. The third kappa shape index (κ3) is 2.86. The Morgan fingerprint density at radius 1 is 1.14 bits per heavy atom. The third-order valence-electron chi connectivity index (χ3n) is 3.44. The Balaban J connectivity index is 2.12. The van der Waals surface area contributed by atoms with Crippen LogP contribution in [0.15, 0.2) is 12.1 Å². The number of nitrogens with one attached hydrogen (secondary N) is 2. The summed E-state index contributed by atoms with van der Waals surface area (Å²) in [4.78, 5) is 24.0. The number of hydrogen-bond acceptors (Lipinski definition) is 2. The largest absolute Gasteiger partial charge is 0.355 e. The molecule has 1 fully saturated rings. The molecule has 0 saturated heterocycles. The lowest BCUT2D eigenvalue weighted by Gasteiger charge is -2.15. The zero-order valence-electron chi connectivity index (χ0n) is 11.4. The molecule has 2 amide bonds. The van der Waals surface area contributed by atoms with Gasteiger partial charge in [-0.1, -0.05) is 6.92 Å². The van der Waals surface area contributed by atoms with Crippen LogP contribution in [0.4, 0.5) is 18.9 Å². The van der Waals surface area contributed by atoms with Crippen molar-refractivity contribution in [2.24, 2.45) is 5.41 Å². The van der Waals surface area contributed by atoms with Crippen molar-refractivity contribution in [3.63, 3.8) is 0 Å². The van der Waals surface area contributed by atoms with E-state index in [2.05, 4.69) is 10.6 Å². The van der Waals surface area contributed by atoms with E-state index in [-0.39, 0.29) is 0 Å². The van der Waals surface area contributed by atoms with Crippen LogP contribution in [-0.4, -0.2) is 18.4 Å². The zero-order valence-corrected chi connectivity index (χ0v) is 11.4. The first-order chi connectivity index (χ1) is 9.92. The monoisotopic (exact) mass is 300 g/mol. The van der Waals surface area contributed by atoms with Gasteiger partial charge >= 0.3 is 0 Å². The van der Waals surface area contributed by atoms with Gasteiger partial charge in [-0.3, -0.25) is 9.59 Å². The Morgan fingerprint density at radius 3 is 2.38 bits per heavy atom. The summed E-state index contributed by atoms with van der Waals surface area (Å²) in [5, 5.41) is 4.77. The zero-order chi connectivity index (χ0) is 15.6. The van der Waals surface area contributed by atoms with Gasteiger partial charge in [0.15, 0.2) is 17.5 Å². The van der Waals surface area contributed by atoms with E-state index in [1.165, 1.54) is 0 Å². The molecule has 0 heterocycles. The van der Waals surface area contributed by atoms with Crippen LogP contribution < -0.4 is 10.6 Å². The minimum Gasteiger partial charge on any atom is -0.355 e. The fourth-order valence-corrected chi connectivity index (χ4v) is 1.95. The highest BCUT2D eigenvalue weighted by Crippen LogP contribution is 2.47. The second kappa shape index (κ2) is 5.75. The lowest BCUT2D eigenvalue weighted by molar-refractivity contribution is -0.134. The van der Waals surface area contributed by atoms with Gasteiger partial charge in [-0.2, -0.15) is 0 Å². The van der Waals surface area contributed by atoms with Crippen molar-refractivity contribution >= 4 is 17.5 Å². The van der Waals surface area contributed by atoms with Crippen molar-refractivity contribution in [2.45, 2.75) is 26.2 Å². The lowest BCUT2D eigenvalue weighted by Crippen LogP contribution is -2.40. The van der Waals surface area contributed by atoms with Crippen LogP contribution in [0.5, 0.6) is 0 Å². The van der Waals surface area contributed by atoms with Crippen LogP contribution in [0, 0.1) is 22.9 Å². The quantitative estimate of drug-likeness (QED) is 0.648. The second-order valence-corrected chi connectivity index (χ2v) is 5.02. The molecule has 7 heteroatoms. The molecule has 1 aromatic carbocycles. The van der Waals surface area contributed by atoms with Crippen molar-refractivity contribution in [1.29, 1.82) is 0 Å². The minimum atomic E-state index is -1.66. The third-order valence-corrected chi connectivity index (χ3v) is 3.44. The lowest BCUT2D eigenvalue weighted by atomic mass is 10.0. The molecule has 21 heavy (non-hydrogen) atoms. The van der Waals surface area contributed by atoms with Gasteiger partial charge < -0.3 is 10.6 Å². The Kier molecular flexibility index (Phi) is 4.20. The number of hydrogen-bond donors (Lipinski definition) is 2. The Hall–Kier alpha value is -2.05. The SMILES string of the molecule is CCCNC(=O)C1(C(=O)Nc2ccc(F)c(F)c2F)CC1. The van der Waals surface area contributed by atoms with E-state index >= 15 is 0 Å². The molecule has 0 aromatic heterocycles. The smallest absolute Gasteiger partial charge is 0.240 e. The van der Waals surface area contributed by atoms with E-state index in [0.717, 1.165) is 12.5 Å². The number of anilines is 1. The number of halogens is 3. The van der Waals surface area contributed by atoms with E-state index < -0.39 is 40.4 Å². The first-order valence-electron chi connectivity index (χ1n) is 6.65. The summed E-state index contributed by atoms with van der Waals surface area (Å²) < 4.78 is 39.4. The Morgan fingerprint density at radius 2 is 1.81 bits per heavy atom. The van der Waals surface area contributed by atoms with Crippen molar-refractivity contribution < 1.29 is 22.8 Å². The molecular formula is C14H15F3N2O2. The molecule has 0 atom stereocenters. The molecule has 0 spiro atoms. The fourth-order valence-electron chi connectivity index (χ4n) is 1.95. The highest BCUT2D eigenvalue weighted by Gasteiger charge is 2.56. The van der Waals surface area contributed by atoms with Crippen LogP contribution in [0.2, 0.25) is 0 Å². The van der Waals surface area contributed by atoms with Gasteiger partial charge in [0.05, 0.1) is 5.69 Å². The number of carbonyl (C=O) groups excluding carboxylic acids is 2. The van der Waals surface area contributed by atoms with Crippen LogP contribution in [0.1, 0.15) is 26.2 Å². The molecule has 1 aliphatic carbocycles. The normalized spacial score (nSPS) is 15.4. The summed E-state index contributed by atoms with van der Waals surface area (Å²) in [5.41, 5.74) is -1.71. The van der Waals surface area contributed by atoms with Gasteiger partial charge in [0.25, 0.3) is 0 Å². The van der Waals surface area contributed by atoms with Crippen LogP contribution >= 0.6 is 0 Å². The van der Waals surface area contributed by atoms with Crippen LogP contribution in [0.25, 0.3) is 0 Å². The minimum absolute atomic E-state index is 0.347. The maximum atomic E-state index is 13.5. The van der Waals surface area contributed by atoms with Gasteiger partial charge in [0.1, 0.15) is 5.41 Å². The molecule has 0 bridgehead atoms. The number of carbonyl (C=O) groups is 2.